The summed E-state index contributed by atoms with van der Waals surface area (Å²) in [5, 5.41) is 17.5. The lowest BCUT2D eigenvalue weighted by molar-refractivity contribution is 0.628. The summed E-state index contributed by atoms with van der Waals surface area (Å²) in [7, 11) is 0. The third-order valence-electron chi connectivity index (χ3n) is 10.3. The Bertz CT molecular complexity index is 3060. The van der Waals surface area contributed by atoms with E-state index >= 15 is 0 Å². The average molecular weight is 666 g/mol. The molecule has 0 fully saturated rings. The van der Waals surface area contributed by atoms with Crippen LogP contribution in [0.5, 0.6) is 0 Å². The van der Waals surface area contributed by atoms with Gasteiger partial charge in [0.25, 0.3) is 0 Å². The average Bonchev–Trinajstić information content (AvgIpc) is 3.53. The first-order valence-corrected chi connectivity index (χ1v) is 17.3. The minimum atomic E-state index is -0.264. The summed E-state index contributed by atoms with van der Waals surface area (Å²) in [6.07, 6.45) is 0. The molecule has 0 saturated heterocycles. The van der Waals surface area contributed by atoms with Gasteiger partial charge >= 0.3 is 0 Å². The third-order valence-corrected chi connectivity index (χ3v) is 10.3. The van der Waals surface area contributed by atoms with Gasteiger partial charge in [-0.05, 0) is 106 Å². The molecule has 10 rings (SSSR count). The summed E-state index contributed by atoms with van der Waals surface area (Å²) in [6.45, 7) is 0. The zero-order valence-corrected chi connectivity index (χ0v) is 27.9. The smallest absolute Gasteiger partial charge is 0.123 e. The second-order valence-corrected chi connectivity index (χ2v) is 13.2. The molecule has 10 aromatic rings. The first-order chi connectivity index (χ1) is 25.6. The van der Waals surface area contributed by atoms with Crippen LogP contribution in [0.1, 0.15) is 5.56 Å². The van der Waals surface area contributed by atoms with Crippen LogP contribution in [0.25, 0.3) is 93.5 Å². The largest absolute Gasteiger partial charge is 0.309 e. The van der Waals surface area contributed by atoms with Crippen molar-refractivity contribution in [2.45, 2.75) is 0 Å². The molecule has 0 spiro atoms. The van der Waals surface area contributed by atoms with Gasteiger partial charge in [0.15, 0.2) is 0 Å². The van der Waals surface area contributed by atoms with E-state index < -0.39 is 0 Å². The lowest BCUT2D eigenvalue weighted by Crippen LogP contribution is -1.93. The molecule has 2 aromatic heterocycles. The van der Waals surface area contributed by atoms with Gasteiger partial charge in [-0.25, -0.2) is 9.37 Å². The Morgan fingerprint density at radius 1 is 0.481 bits per heavy atom. The van der Waals surface area contributed by atoms with Crippen molar-refractivity contribution in [3.8, 4) is 45.3 Å². The van der Waals surface area contributed by atoms with Gasteiger partial charge in [0.05, 0.1) is 33.9 Å². The van der Waals surface area contributed by atoms with E-state index in [2.05, 4.69) is 120 Å². The monoisotopic (exact) mass is 665 g/mol. The van der Waals surface area contributed by atoms with Crippen LogP contribution < -0.4 is 0 Å². The minimum absolute atomic E-state index is 0.264. The fourth-order valence-corrected chi connectivity index (χ4v) is 7.86. The van der Waals surface area contributed by atoms with Crippen molar-refractivity contribution in [3.05, 3.63) is 181 Å². The van der Waals surface area contributed by atoms with Gasteiger partial charge in [-0.15, -0.1) is 0 Å². The van der Waals surface area contributed by atoms with E-state index in [1.807, 2.05) is 36.4 Å². The van der Waals surface area contributed by atoms with E-state index in [1.165, 1.54) is 12.1 Å². The summed E-state index contributed by atoms with van der Waals surface area (Å²) >= 11 is 0. The number of hydrogen-bond acceptors (Lipinski definition) is 2. The number of rotatable bonds is 4. The van der Waals surface area contributed by atoms with Crippen LogP contribution in [-0.4, -0.2) is 9.55 Å². The van der Waals surface area contributed by atoms with Gasteiger partial charge in [-0.3, -0.25) is 0 Å². The zero-order chi connectivity index (χ0) is 34.8. The van der Waals surface area contributed by atoms with Gasteiger partial charge in [-0.2, -0.15) is 5.26 Å². The number of aromatic nitrogens is 2. The Kier molecular flexibility index (Phi) is 6.74. The molecule has 0 atom stereocenters. The molecule has 0 aliphatic heterocycles. The third kappa shape index (κ3) is 4.68. The van der Waals surface area contributed by atoms with E-state index in [-0.39, 0.29) is 5.82 Å². The predicted molar refractivity (Wildman–Crippen MR) is 212 cm³/mol. The molecule has 0 aliphatic rings. The summed E-state index contributed by atoms with van der Waals surface area (Å²) < 4.78 is 16.1. The van der Waals surface area contributed by atoms with E-state index in [0.29, 0.717) is 5.56 Å². The molecule has 0 saturated carbocycles. The Hall–Kier alpha value is -7.09. The highest BCUT2D eigenvalue weighted by molar-refractivity contribution is 6.24. The highest BCUT2D eigenvalue weighted by Gasteiger charge is 2.17. The summed E-state index contributed by atoms with van der Waals surface area (Å²) in [6, 6.07) is 59.7. The van der Waals surface area contributed by atoms with Crippen LogP contribution in [0.2, 0.25) is 0 Å². The molecule has 3 nitrogen and oxygen atoms in total. The second kappa shape index (κ2) is 11.8. The topological polar surface area (TPSA) is 41.6 Å². The Balaban J connectivity index is 1.10. The molecule has 0 unspecified atom stereocenters. The molecule has 0 N–H and O–H groups in total. The Morgan fingerprint density at radius 3 is 1.94 bits per heavy atom. The van der Waals surface area contributed by atoms with Crippen molar-refractivity contribution in [2.75, 3.05) is 0 Å². The lowest BCUT2D eigenvalue weighted by atomic mass is 9.91. The number of para-hydroxylation sites is 2. The van der Waals surface area contributed by atoms with Crippen molar-refractivity contribution in [1.82, 2.24) is 9.55 Å². The molecule has 52 heavy (non-hydrogen) atoms. The standard InChI is InChI=1S/C48H28FN3/c49-35-21-18-33(19-22-35)48-41-24-23-38-37(10-6-11-39(38)47(41)40-9-4-5-12-44(40)51-48)32-16-14-31(15-17-32)34-20-26-46-43(28-34)42-27-30(29-50)13-25-45(42)52(46)36-7-2-1-3-8-36/h1-28H. The van der Waals surface area contributed by atoms with Gasteiger partial charge < -0.3 is 4.57 Å². The fourth-order valence-electron chi connectivity index (χ4n) is 7.86. The molecule has 0 aliphatic carbocycles. The van der Waals surface area contributed by atoms with Crippen molar-refractivity contribution >= 4 is 54.3 Å². The summed E-state index contributed by atoms with van der Waals surface area (Å²) in [5.74, 6) is -0.264. The quantitative estimate of drug-likeness (QED) is 0.176. The van der Waals surface area contributed by atoms with Crippen molar-refractivity contribution < 1.29 is 4.39 Å². The summed E-state index contributed by atoms with van der Waals surface area (Å²) in [4.78, 5) is 5.05. The van der Waals surface area contributed by atoms with Gasteiger partial charge in [0.2, 0.25) is 0 Å². The van der Waals surface area contributed by atoms with Gasteiger partial charge in [0.1, 0.15) is 5.82 Å². The van der Waals surface area contributed by atoms with Gasteiger partial charge in [-0.1, -0.05) is 97.1 Å². The van der Waals surface area contributed by atoms with Crippen LogP contribution in [0, 0.1) is 17.1 Å². The number of nitrogens with zero attached hydrogens (tertiary/aromatic N) is 3. The Labute approximate surface area is 299 Å². The van der Waals surface area contributed by atoms with E-state index in [1.54, 1.807) is 12.1 Å². The predicted octanol–water partition coefficient (Wildman–Crippen LogP) is 12.7. The van der Waals surface area contributed by atoms with Crippen LogP contribution in [0.15, 0.2) is 170 Å². The summed E-state index contributed by atoms with van der Waals surface area (Å²) in [5.41, 5.74) is 11.1. The molecular formula is C48H28FN3. The first kappa shape index (κ1) is 29.8. The maximum atomic E-state index is 13.9. The number of halogens is 1. The molecule has 2 heterocycles. The van der Waals surface area contributed by atoms with E-state index in [0.717, 1.165) is 93.5 Å². The van der Waals surface area contributed by atoms with E-state index in [9.17, 15) is 9.65 Å². The molecule has 8 aromatic carbocycles. The van der Waals surface area contributed by atoms with Crippen LogP contribution in [0.3, 0.4) is 0 Å². The van der Waals surface area contributed by atoms with Crippen LogP contribution >= 0.6 is 0 Å². The number of benzene rings is 8. The SMILES string of the molecule is N#Cc1ccc2c(c1)c1cc(-c3ccc(-c4cccc5c4ccc4c(-c6ccc(F)cc6)nc6ccccc6c45)cc3)ccc1n2-c1ccccc1. The Morgan fingerprint density at radius 2 is 1.13 bits per heavy atom. The minimum Gasteiger partial charge on any atom is -0.309 e. The number of nitriles is 1. The molecule has 242 valence electrons. The normalized spacial score (nSPS) is 11.5. The maximum absolute atomic E-state index is 13.9. The van der Waals surface area contributed by atoms with Crippen LogP contribution in [-0.2, 0) is 0 Å². The number of fused-ring (bicyclic) bond motifs is 8. The lowest BCUT2D eigenvalue weighted by Gasteiger charge is -2.15. The zero-order valence-electron chi connectivity index (χ0n) is 27.9. The second-order valence-electron chi connectivity index (χ2n) is 13.2. The fraction of sp³-hybridized carbons (Fsp3) is 0. The molecule has 0 bridgehead atoms. The molecule has 0 radical (unpaired) electrons. The van der Waals surface area contributed by atoms with Crippen molar-refractivity contribution in [1.29, 1.82) is 5.26 Å². The first-order valence-electron chi connectivity index (χ1n) is 17.3. The van der Waals surface area contributed by atoms with Crippen molar-refractivity contribution in [3.63, 3.8) is 0 Å². The van der Waals surface area contributed by atoms with Gasteiger partial charge in [0, 0.05) is 38.2 Å². The van der Waals surface area contributed by atoms with Crippen LogP contribution in [0.4, 0.5) is 4.39 Å². The van der Waals surface area contributed by atoms with Crippen molar-refractivity contribution in [2.24, 2.45) is 0 Å². The highest BCUT2D eigenvalue weighted by atomic mass is 19.1. The number of pyridine rings is 1. The maximum Gasteiger partial charge on any atom is 0.123 e. The molecular weight excluding hydrogens is 638 g/mol. The highest BCUT2D eigenvalue weighted by Crippen LogP contribution is 2.41. The van der Waals surface area contributed by atoms with E-state index in [4.69, 9.17) is 4.98 Å². The number of hydrogen-bond donors (Lipinski definition) is 0. The molecule has 0 amide bonds. The molecule has 4 heteroatoms.